The minimum absolute atomic E-state index is 0.319. The SMILES string of the molecule is CCO[P+](=O)[C@@H](O)c1ccc(Cl)cc1. The van der Waals surface area contributed by atoms with Crippen molar-refractivity contribution in [1.82, 2.24) is 0 Å². The molecule has 0 aliphatic heterocycles. The first-order valence-electron chi connectivity index (χ1n) is 4.18. The molecule has 0 fully saturated rings. The van der Waals surface area contributed by atoms with Crippen LogP contribution in [-0.2, 0) is 9.09 Å². The van der Waals surface area contributed by atoms with Crippen molar-refractivity contribution in [3.8, 4) is 0 Å². The molecule has 0 saturated heterocycles. The molecule has 1 rings (SSSR count). The van der Waals surface area contributed by atoms with Gasteiger partial charge in [0.25, 0.3) is 0 Å². The first-order valence-corrected chi connectivity index (χ1v) is 5.80. The van der Waals surface area contributed by atoms with Crippen molar-refractivity contribution in [2.75, 3.05) is 6.61 Å². The third kappa shape index (κ3) is 3.03. The van der Waals surface area contributed by atoms with Gasteiger partial charge in [0.05, 0.1) is 6.61 Å². The zero-order chi connectivity index (χ0) is 10.6. The largest absolute Gasteiger partial charge is 0.545 e. The lowest BCUT2D eigenvalue weighted by atomic mass is 10.2. The third-order valence-electron chi connectivity index (χ3n) is 1.62. The Morgan fingerprint density at radius 3 is 2.57 bits per heavy atom. The summed E-state index contributed by atoms with van der Waals surface area (Å²) in [6.45, 7) is 2.04. The predicted molar refractivity (Wildman–Crippen MR) is 55.6 cm³/mol. The number of hydrogen-bond donors (Lipinski definition) is 1. The Kier molecular flexibility index (Phi) is 4.49. The molecular weight excluding hydrogens is 223 g/mol. The zero-order valence-corrected chi connectivity index (χ0v) is 9.33. The van der Waals surface area contributed by atoms with Crippen LogP contribution in [0, 0.1) is 0 Å². The van der Waals surface area contributed by atoms with E-state index in [0.29, 0.717) is 17.2 Å². The summed E-state index contributed by atoms with van der Waals surface area (Å²) in [6, 6.07) is 6.52. The van der Waals surface area contributed by atoms with E-state index in [0.717, 1.165) is 0 Å². The van der Waals surface area contributed by atoms with E-state index in [2.05, 4.69) is 0 Å². The van der Waals surface area contributed by atoms with Crippen molar-refractivity contribution in [3.05, 3.63) is 34.9 Å². The smallest absolute Gasteiger partial charge is 0.345 e. The summed E-state index contributed by atoms with van der Waals surface area (Å²) < 4.78 is 16.1. The van der Waals surface area contributed by atoms with E-state index in [1.165, 1.54) is 0 Å². The Bertz CT molecular complexity index is 312. The molecule has 3 nitrogen and oxygen atoms in total. The maximum absolute atomic E-state index is 11.3. The minimum atomic E-state index is -2.07. The van der Waals surface area contributed by atoms with Crippen LogP contribution in [-0.4, -0.2) is 11.7 Å². The third-order valence-corrected chi connectivity index (χ3v) is 3.09. The monoisotopic (exact) mass is 233 g/mol. The van der Waals surface area contributed by atoms with Crippen LogP contribution in [0.5, 0.6) is 0 Å². The van der Waals surface area contributed by atoms with Gasteiger partial charge in [0, 0.05) is 10.6 Å². The first kappa shape index (κ1) is 11.6. The van der Waals surface area contributed by atoms with Crippen LogP contribution in [0.1, 0.15) is 18.3 Å². The number of rotatable bonds is 4. The molecule has 0 aromatic heterocycles. The highest BCUT2D eigenvalue weighted by atomic mass is 35.5. The Labute approximate surface area is 88.5 Å². The molecule has 0 aliphatic rings. The Morgan fingerprint density at radius 1 is 1.50 bits per heavy atom. The van der Waals surface area contributed by atoms with Crippen molar-refractivity contribution < 1.29 is 14.2 Å². The normalized spacial score (nSPS) is 13.8. The fourth-order valence-corrected chi connectivity index (χ4v) is 1.89. The molecule has 0 amide bonds. The van der Waals surface area contributed by atoms with Crippen molar-refractivity contribution in [3.63, 3.8) is 0 Å². The average molecular weight is 234 g/mol. The lowest BCUT2D eigenvalue weighted by molar-refractivity contribution is 0.225. The highest BCUT2D eigenvalue weighted by molar-refractivity contribution is 7.39. The van der Waals surface area contributed by atoms with E-state index in [-0.39, 0.29) is 0 Å². The number of halogens is 1. The van der Waals surface area contributed by atoms with Crippen molar-refractivity contribution >= 4 is 19.6 Å². The van der Waals surface area contributed by atoms with E-state index in [9.17, 15) is 9.67 Å². The molecule has 0 saturated carbocycles. The molecule has 0 radical (unpaired) electrons. The number of aliphatic hydroxyl groups excluding tert-OH is 1. The summed E-state index contributed by atoms with van der Waals surface area (Å²) >= 11 is 5.67. The van der Waals surface area contributed by atoms with Crippen LogP contribution in [0.2, 0.25) is 5.02 Å². The maximum Gasteiger partial charge on any atom is 0.545 e. The van der Waals surface area contributed by atoms with Crippen molar-refractivity contribution in [2.24, 2.45) is 0 Å². The van der Waals surface area contributed by atoms with Gasteiger partial charge in [-0.25, -0.2) is 0 Å². The van der Waals surface area contributed by atoms with Gasteiger partial charge in [-0.15, -0.1) is 4.52 Å². The summed E-state index contributed by atoms with van der Waals surface area (Å²) in [5.41, 5.74) is 0.545. The number of aliphatic hydroxyl groups is 1. The van der Waals surface area contributed by atoms with Crippen LogP contribution < -0.4 is 0 Å². The molecule has 1 aromatic carbocycles. The topological polar surface area (TPSA) is 46.5 Å². The average Bonchev–Trinajstić information content (AvgIpc) is 2.18. The molecule has 2 atom stereocenters. The fraction of sp³-hybridized carbons (Fsp3) is 0.333. The van der Waals surface area contributed by atoms with Gasteiger partial charge in [-0.2, -0.15) is 0 Å². The molecule has 1 aromatic rings. The van der Waals surface area contributed by atoms with Crippen LogP contribution in [0.15, 0.2) is 24.3 Å². The van der Waals surface area contributed by atoms with Gasteiger partial charge in [0.2, 0.25) is 0 Å². The van der Waals surface area contributed by atoms with Gasteiger partial charge in [-0.05, 0) is 23.6 Å². The summed E-state index contributed by atoms with van der Waals surface area (Å²) in [6.07, 6.45) is 0. The molecular formula is C9H11ClO3P+. The number of benzene rings is 1. The summed E-state index contributed by atoms with van der Waals surface area (Å²) in [4.78, 5) is 0. The molecule has 14 heavy (non-hydrogen) atoms. The van der Waals surface area contributed by atoms with Crippen LogP contribution in [0.4, 0.5) is 0 Å². The second kappa shape index (κ2) is 5.42. The van der Waals surface area contributed by atoms with E-state index in [1.54, 1.807) is 31.2 Å². The second-order valence-electron chi connectivity index (χ2n) is 2.63. The summed E-state index contributed by atoms with van der Waals surface area (Å²) in [5, 5.41) is 10.1. The Hall–Kier alpha value is -0.470. The minimum Gasteiger partial charge on any atom is -0.345 e. The van der Waals surface area contributed by atoms with Crippen LogP contribution in [0.3, 0.4) is 0 Å². The van der Waals surface area contributed by atoms with Gasteiger partial charge in [0.1, 0.15) is 0 Å². The molecule has 1 N–H and O–H groups in total. The van der Waals surface area contributed by atoms with Crippen molar-refractivity contribution in [2.45, 2.75) is 12.8 Å². The van der Waals surface area contributed by atoms with Gasteiger partial charge in [0.15, 0.2) is 0 Å². The molecule has 0 spiro atoms. The zero-order valence-electron chi connectivity index (χ0n) is 7.68. The fourth-order valence-electron chi connectivity index (χ4n) is 0.954. The maximum atomic E-state index is 11.3. The van der Waals surface area contributed by atoms with Gasteiger partial charge in [-0.3, -0.25) is 0 Å². The summed E-state index contributed by atoms with van der Waals surface area (Å²) in [7, 11) is -2.07. The van der Waals surface area contributed by atoms with E-state index < -0.39 is 13.9 Å². The molecule has 1 unspecified atom stereocenters. The van der Waals surface area contributed by atoms with Gasteiger partial charge in [-0.1, -0.05) is 23.7 Å². The second-order valence-corrected chi connectivity index (χ2v) is 4.38. The van der Waals surface area contributed by atoms with Gasteiger partial charge < -0.3 is 5.11 Å². The highest BCUT2D eigenvalue weighted by Crippen LogP contribution is 2.39. The van der Waals surface area contributed by atoms with Crippen LogP contribution >= 0.6 is 19.6 Å². The molecule has 0 aliphatic carbocycles. The standard InChI is InChI=1S/C9H11ClO3P/c1-2-13-14(12)9(11)7-3-5-8(10)6-4-7/h3-6,9,11H,2H2,1H3/q+1/t9-/m1/s1. The molecule has 0 bridgehead atoms. The Morgan fingerprint density at radius 2 is 2.07 bits per heavy atom. The highest BCUT2D eigenvalue weighted by Gasteiger charge is 2.31. The molecule has 5 heteroatoms. The van der Waals surface area contributed by atoms with E-state index >= 15 is 0 Å². The van der Waals surface area contributed by atoms with Gasteiger partial charge >= 0.3 is 13.9 Å². The molecule has 76 valence electrons. The summed E-state index contributed by atoms with van der Waals surface area (Å²) in [5.74, 6) is -1.08. The lowest BCUT2D eigenvalue weighted by Gasteiger charge is -1.99. The lowest BCUT2D eigenvalue weighted by Crippen LogP contribution is -1.93. The quantitative estimate of drug-likeness (QED) is 0.813. The predicted octanol–water partition coefficient (Wildman–Crippen LogP) is 3.11. The van der Waals surface area contributed by atoms with E-state index in [4.69, 9.17) is 16.1 Å². The Balaban J connectivity index is 2.73. The van der Waals surface area contributed by atoms with Crippen LogP contribution in [0.25, 0.3) is 0 Å². The molecule has 0 heterocycles. The first-order chi connectivity index (χ1) is 6.65. The van der Waals surface area contributed by atoms with E-state index in [1.807, 2.05) is 0 Å². The number of hydrogen-bond acceptors (Lipinski definition) is 3. The van der Waals surface area contributed by atoms with Crippen molar-refractivity contribution in [1.29, 1.82) is 0 Å².